The van der Waals surface area contributed by atoms with E-state index in [1.54, 1.807) is 0 Å². The molecule has 0 radical (unpaired) electrons. The second kappa shape index (κ2) is 7.75. The second-order valence-corrected chi connectivity index (χ2v) is 6.89. The Balaban J connectivity index is 1.36. The third-order valence-electron chi connectivity index (χ3n) is 5.01. The maximum Gasteiger partial charge on any atom is 0.119 e. The topological polar surface area (TPSA) is 16.9 Å². The van der Waals surface area contributed by atoms with Gasteiger partial charge in [0.05, 0.1) is 6.61 Å². The Bertz CT molecular complexity index is 785. The van der Waals surface area contributed by atoms with E-state index >= 15 is 0 Å². The van der Waals surface area contributed by atoms with Crippen LogP contribution in [0.1, 0.15) is 25.7 Å². The van der Waals surface area contributed by atoms with E-state index in [2.05, 4.69) is 70.2 Å². The summed E-state index contributed by atoms with van der Waals surface area (Å²) in [6, 6.07) is 16.9. The van der Waals surface area contributed by atoms with Gasteiger partial charge in [0.1, 0.15) is 5.75 Å². The minimum atomic E-state index is 0.789. The number of hydrogen-bond acceptors (Lipinski definition) is 2. The van der Waals surface area contributed by atoms with E-state index in [-0.39, 0.29) is 0 Å². The summed E-state index contributed by atoms with van der Waals surface area (Å²) in [5.74, 6) is 0.964. The van der Waals surface area contributed by atoms with Gasteiger partial charge >= 0.3 is 0 Å². The lowest BCUT2D eigenvalue weighted by Gasteiger charge is -2.26. The molecule has 0 N–H and O–H groups in total. The highest BCUT2D eigenvalue weighted by Crippen LogP contribution is 2.26. The van der Waals surface area contributed by atoms with Crippen LogP contribution in [0, 0.1) is 0 Å². The fourth-order valence-corrected chi connectivity index (χ4v) is 3.64. The Morgan fingerprint density at radius 2 is 1.80 bits per heavy atom. The standard InChI is InChI=1S/C22H26N2O/c1-3-11-23(12-4-1)13-7-15-25-22-10-6-8-19(17-22)20-16-21-9-2-5-14-24(21)18-20/h2,5-6,8-10,14,16-18H,1,3-4,7,11-13,15H2. The molecule has 3 nitrogen and oxygen atoms in total. The lowest BCUT2D eigenvalue weighted by Crippen LogP contribution is -2.31. The number of rotatable bonds is 6. The maximum absolute atomic E-state index is 6.00. The summed E-state index contributed by atoms with van der Waals surface area (Å²) in [5, 5.41) is 0. The van der Waals surface area contributed by atoms with Gasteiger partial charge in [-0.25, -0.2) is 0 Å². The molecule has 3 heteroatoms. The van der Waals surface area contributed by atoms with Gasteiger partial charge in [-0.2, -0.15) is 0 Å². The maximum atomic E-state index is 6.00. The molecule has 1 aromatic carbocycles. The minimum absolute atomic E-state index is 0.789. The third-order valence-corrected chi connectivity index (χ3v) is 5.01. The fraction of sp³-hybridized carbons (Fsp3) is 0.364. The van der Waals surface area contributed by atoms with Crippen molar-refractivity contribution in [1.82, 2.24) is 9.30 Å². The van der Waals surface area contributed by atoms with Crippen molar-refractivity contribution in [2.45, 2.75) is 25.7 Å². The van der Waals surface area contributed by atoms with E-state index < -0.39 is 0 Å². The van der Waals surface area contributed by atoms with Crippen molar-refractivity contribution in [3.05, 3.63) is 60.9 Å². The van der Waals surface area contributed by atoms with E-state index in [4.69, 9.17) is 4.74 Å². The van der Waals surface area contributed by atoms with Crippen LogP contribution in [0.25, 0.3) is 16.6 Å². The average molecular weight is 334 g/mol. The summed E-state index contributed by atoms with van der Waals surface area (Å²) < 4.78 is 8.15. The average Bonchev–Trinajstić information content (AvgIpc) is 3.11. The molecule has 3 heterocycles. The zero-order valence-corrected chi connectivity index (χ0v) is 14.7. The molecule has 0 atom stereocenters. The summed E-state index contributed by atoms with van der Waals surface area (Å²) >= 11 is 0. The number of aromatic nitrogens is 1. The predicted molar refractivity (Wildman–Crippen MR) is 103 cm³/mol. The van der Waals surface area contributed by atoms with Crippen LogP contribution in [0.2, 0.25) is 0 Å². The van der Waals surface area contributed by atoms with Crippen molar-refractivity contribution >= 4 is 5.52 Å². The van der Waals surface area contributed by atoms with E-state index in [0.717, 1.165) is 25.3 Å². The first-order valence-electron chi connectivity index (χ1n) is 9.41. The number of pyridine rings is 1. The number of nitrogens with zero attached hydrogens (tertiary/aromatic N) is 2. The van der Waals surface area contributed by atoms with Crippen LogP contribution in [0.5, 0.6) is 5.75 Å². The molecule has 0 aliphatic carbocycles. The Morgan fingerprint density at radius 1 is 0.880 bits per heavy atom. The molecule has 0 amide bonds. The van der Waals surface area contributed by atoms with Crippen molar-refractivity contribution in [3.8, 4) is 16.9 Å². The lowest BCUT2D eigenvalue weighted by molar-refractivity contribution is 0.205. The summed E-state index contributed by atoms with van der Waals surface area (Å²) in [6.45, 7) is 4.47. The normalized spacial score (nSPS) is 15.5. The number of benzene rings is 1. The van der Waals surface area contributed by atoms with Gasteiger partial charge in [0, 0.05) is 30.0 Å². The van der Waals surface area contributed by atoms with Gasteiger partial charge in [0.2, 0.25) is 0 Å². The monoisotopic (exact) mass is 334 g/mol. The molecule has 3 aromatic rings. The molecule has 25 heavy (non-hydrogen) atoms. The summed E-state index contributed by atoms with van der Waals surface area (Å²) in [7, 11) is 0. The molecular formula is C22H26N2O. The summed E-state index contributed by atoms with van der Waals surface area (Å²) in [5.41, 5.74) is 3.65. The molecule has 0 spiro atoms. The molecule has 1 saturated heterocycles. The molecule has 0 unspecified atom stereocenters. The van der Waals surface area contributed by atoms with E-state index in [1.165, 1.54) is 49.0 Å². The van der Waals surface area contributed by atoms with Crippen molar-refractivity contribution in [1.29, 1.82) is 0 Å². The predicted octanol–water partition coefficient (Wildman–Crippen LogP) is 4.86. The first-order valence-corrected chi connectivity index (χ1v) is 9.41. The van der Waals surface area contributed by atoms with E-state index in [9.17, 15) is 0 Å². The Hall–Kier alpha value is -2.26. The van der Waals surface area contributed by atoms with Gasteiger partial charge in [0.15, 0.2) is 0 Å². The first-order chi connectivity index (χ1) is 12.4. The Kier molecular flexibility index (Phi) is 5.03. The van der Waals surface area contributed by atoms with Gasteiger partial charge in [0.25, 0.3) is 0 Å². The van der Waals surface area contributed by atoms with Crippen LogP contribution in [-0.4, -0.2) is 35.5 Å². The number of fused-ring (bicyclic) bond motifs is 1. The fourth-order valence-electron chi connectivity index (χ4n) is 3.64. The van der Waals surface area contributed by atoms with Gasteiger partial charge < -0.3 is 14.0 Å². The molecule has 0 saturated carbocycles. The molecular weight excluding hydrogens is 308 g/mol. The molecule has 130 valence electrons. The van der Waals surface area contributed by atoms with Crippen molar-refractivity contribution in [2.24, 2.45) is 0 Å². The highest BCUT2D eigenvalue weighted by Gasteiger charge is 2.09. The summed E-state index contributed by atoms with van der Waals surface area (Å²) in [6.07, 6.45) is 9.46. The highest BCUT2D eigenvalue weighted by atomic mass is 16.5. The molecule has 1 aliphatic heterocycles. The zero-order valence-electron chi connectivity index (χ0n) is 14.7. The molecule has 2 aromatic heterocycles. The third kappa shape index (κ3) is 4.05. The van der Waals surface area contributed by atoms with Crippen molar-refractivity contribution in [2.75, 3.05) is 26.2 Å². The van der Waals surface area contributed by atoms with Gasteiger partial charge in [-0.05, 0) is 68.2 Å². The van der Waals surface area contributed by atoms with Crippen molar-refractivity contribution < 1.29 is 4.74 Å². The van der Waals surface area contributed by atoms with Crippen LogP contribution in [0.4, 0.5) is 0 Å². The van der Waals surface area contributed by atoms with Crippen LogP contribution >= 0.6 is 0 Å². The summed E-state index contributed by atoms with van der Waals surface area (Å²) in [4.78, 5) is 2.57. The van der Waals surface area contributed by atoms with Gasteiger partial charge in [-0.3, -0.25) is 0 Å². The quantitative estimate of drug-likeness (QED) is 0.599. The molecule has 0 bridgehead atoms. The minimum Gasteiger partial charge on any atom is -0.494 e. The molecule has 4 rings (SSSR count). The largest absolute Gasteiger partial charge is 0.494 e. The lowest BCUT2D eigenvalue weighted by atomic mass is 10.1. The van der Waals surface area contributed by atoms with Crippen LogP contribution in [0.3, 0.4) is 0 Å². The van der Waals surface area contributed by atoms with E-state index in [1.807, 2.05) is 0 Å². The number of likely N-dealkylation sites (tertiary alicyclic amines) is 1. The Morgan fingerprint density at radius 3 is 2.68 bits per heavy atom. The van der Waals surface area contributed by atoms with E-state index in [0.29, 0.717) is 0 Å². The second-order valence-electron chi connectivity index (χ2n) is 6.89. The molecule has 1 fully saturated rings. The number of ether oxygens (including phenoxy) is 1. The smallest absolute Gasteiger partial charge is 0.119 e. The highest BCUT2D eigenvalue weighted by molar-refractivity contribution is 5.71. The number of hydrogen-bond donors (Lipinski definition) is 0. The number of piperidine rings is 1. The van der Waals surface area contributed by atoms with Crippen LogP contribution < -0.4 is 4.74 Å². The Labute approximate surface area is 149 Å². The van der Waals surface area contributed by atoms with Gasteiger partial charge in [-0.15, -0.1) is 0 Å². The van der Waals surface area contributed by atoms with Gasteiger partial charge in [-0.1, -0.05) is 24.6 Å². The zero-order chi connectivity index (χ0) is 16.9. The van der Waals surface area contributed by atoms with Crippen LogP contribution in [-0.2, 0) is 0 Å². The first kappa shape index (κ1) is 16.2. The molecule has 1 aliphatic rings. The SMILES string of the molecule is c1cc(OCCCN2CCCCC2)cc(-c2cc3ccccn3c2)c1. The van der Waals surface area contributed by atoms with Crippen molar-refractivity contribution in [3.63, 3.8) is 0 Å². The van der Waals surface area contributed by atoms with Crippen LogP contribution in [0.15, 0.2) is 60.9 Å².